The number of hydrogen-bond donors (Lipinski definition) is 1. The van der Waals surface area contributed by atoms with E-state index in [1.165, 1.54) is 9.70 Å². The highest BCUT2D eigenvalue weighted by molar-refractivity contribution is 6.00. The lowest BCUT2D eigenvalue weighted by Crippen LogP contribution is -2.52. The van der Waals surface area contributed by atoms with E-state index in [9.17, 15) is 9.59 Å². The van der Waals surface area contributed by atoms with Gasteiger partial charge in [0.25, 0.3) is 5.91 Å². The van der Waals surface area contributed by atoms with E-state index < -0.39 is 6.04 Å². The Hall–Kier alpha value is -4.15. The summed E-state index contributed by atoms with van der Waals surface area (Å²) in [4.78, 5) is 29.8. The van der Waals surface area contributed by atoms with Gasteiger partial charge < -0.3 is 19.5 Å². The molecule has 1 saturated carbocycles. The average molecular weight is 523 g/mol. The van der Waals surface area contributed by atoms with E-state index in [1.54, 1.807) is 63.8 Å². The maximum atomic E-state index is 13.7. The second-order valence-electron chi connectivity index (χ2n) is 9.09. The normalized spacial score (nSPS) is 14.1. The van der Waals surface area contributed by atoms with Crippen molar-refractivity contribution in [2.45, 2.75) is 57.7 Å². The lowest BCUT2D eigenvalue weighted by atomic mass is 10.1. The molecule has 1 aliphatic rings. The average Bonchev–Trinajstić information content (AvgIpc) is 3.63. The Labute approximate surface area is 222 Å². The Morgan fingerprint density at radius 3 is 2.50 bits per heavy atom. The van der Waals surface area contributed by atoms with E-state index in [0.29, 0.717) is 40.7 Å². The summed E-state index contributed by atoms with van der Waals surface area (Å²) in [6, 6.07) is 11.8. The molecule has 2 amide bonds. The first-order valence-corrected chi connectivity index (χ1v) is 12.7. The second-order valence-corrected chi connectivity index (χ2v) is 9.09. The lowest BCUT2D eigenvalue weighted by molar-refractivity contribution is -0.127. The minimum Gasteiger partial charge on any atom is -0.497 e. The van der Waals surface area contributed by atoms with Crippen LogP contribution in [0.5, 0.6) is 17.2 Å². The van der Waals surface area contributed by atoms with Gasteiger partial charge in [0.15, 0.2) is 11.5 Å². The highest BCUT2D eigenvalue weighted by Crippen LogP contribution is 2.31. The van der Waals surface area contributed by atoms with Crippen molar-refractivity contribution in [3.8, 4) is 28.6 Å². The first-order valence-electron chi connectivity index (χ1n) is 12.7. The van der Waals surface area contributed by atoms with E-state index in [2.05, 4.69) is 20.7 Å². The summed E-state index contributed by atoms with van der Waals surface area (Å²) in [5.74, 6) is 1.50. The van der Waals surface area contributed by atoms with Crippen LogP contribution in [0.4, 0.5) is 5.69 Å². The lowest BCUT2D eigenvalue weighted by Gasteiger charge is -2.31. The number of ether oxygens (including phenoxy) is 3. The number of tetrazole rings is 1. The van der Waals surface area contributed by atoms with Crippen molar-refractivity contribution in [1.82, 2.24) is 25.5 Å². The minimum absolute atomic E-state index is 0.139. The zero-order valence-corrected chi connectivity index (χ0v) is 22.2. The molecule has 1 heterocycles. The van der Waals surface area contributed by atoms with E-state index in [0.717, 1.165) is 25.7 Å². The number of amides is 2. The summed E-state index contributed by atoms with van der Waals surface area (Å²) in [7, 11) is 4.67. The summed E-state index contributed by atoms with van der Waals surface area (Å²) in [5, 5.41) is 15.7. The molecule has 1 aliphatic carbocycles. The first kappa shape index (κ1) is 26.9. The fraction of sp³-hybridized carbons (Fsp3) is 0.444. The van der Waals surface area contributed by atoms with Crippen molar-refractivity contribution in [1.29, 1.82) is 0 Å². The van der Waals surface area contributed by atoms with Gasteiger partial charge in [0.1, 0.15) is 18.3 Å². The second kappa shape index (κ2) is 12.4. The third kappa shape index (κ3) is 6.04. The number of aromatic nitrogens is 4. The van der Waals surface area contributed by atoms with Crippen LogP contribution in [0.3, 0.4) is 0 Å². The Kier molecular flexibility index (Phi) is 8.77. The number of nitrogens with one attached hydrogen (secondary N) is 1. The van der Waals surface area contributed by atoms with Gasteiger partial charge >= 0.3 is 0 Å². The third-order valence-corrected chi connectivity index (χ3v) is 6.67. The predicted octanol–water partition coefficient (Wildman–Crippen LogP) is 3.24. The van der Waals surface area contributed by atoms with Gasteiger partial charge in [-0.15, -0.1) is 10.2 Å². The summed E-state index contributed by atoms with van der Waals surface area (Å²) < 4.78 is 16.0. The van der Waals surface area contributed by atoms with Gasteiger partial charge in [-0.05, 0) is 54.8 Å². The van der Waals surface area contributed by atoms with Crippen molar-refractivity contribution < 1.29 is 23.8 Å². The molecule has 1 unspecified atom stereocenters. The molecule has 1 aromatic heterocycles. The van der Waals surface area contributed by atoms with Crippen LogP contribution in [0.1, 0.15) is 39.0 Å². The molecule has 202 valence electrons. The zero-order valence-electron chi connectivity index (χ0n) is 22.2. The molecule has 4 rings (SSSR count). The number of benzene rings is 2. The van der Waals surface area contributed by atoms with Crippen LogP contribution in [0.2, 0.25) is 0 Å². The van der Waals surface area contributed by atoms with Crippen molar-refractivity contribution in [3.05, 3.63) is 42.5 Å². The summed E-state index contributed by atoms with van der Waals surface area (Å²) in [6.07, 6.45) is 4.54. The number of nitrogens with zero attached hydrogens (tertiary/aromatic N) is 5. The number of carbonyl (C=O) groups is 2. The quantitative estimate of drug-likeness (QED) is 0.408. The number of hydrogen-bond acceptors (Lipinski definition) is 8. The molecule has 0 bridgehead atoms. The van der Waals surface area contributed by atoms with Crippen LogP contribution in [0.15, 0.2) is 42.5 Å². The highest BCUT2D eigenvalue weighted by Gasteiger charge is 2.32. The van der Waals surface area contributed by atoms with Crippen molar-refractivity contribution in [2.75, 3.05) is 26.2 Å². The largest absolute Gasteiger partial charge is 0.497 e. The number of carbonyl (C=O) groups excluding carboxylic acids is 2. The Balaban J connectivity index is 1.59. The van der Waals surface area contributed by atoms with Crippen LogP contribution in [-0.4, -0.2) is 65.4 Å². The highest BCUT2D eigenvalue weighted by atomic mass is 16.5. The molecule has 11 nitrogen and oxygen atoms in total. The van der Waals surface area contributed by atoms with Gasteiger partial charge in [0, 0.05) is 23.4 Å². The van der Waals surface area contributed by atoms with Gasteiger partial charge in [-0.25, -0.2) is 0 Å². The Bertz CT molecular complexity index is 1260. The van der Waals surface area contributed by atoms with Gasteiger partial charge in [-0.1, -0.05) is 25.8 Å². The molecule has 38 heavy (non-hydrogen) atoms. The minimum atomic E-state index is -0.705. The molecule has 2 aromatic carbocycles. The molecular formula is C27H34N6O5. The zero-order chi connectivity index (χ0) is 27.1. The summed E-state index contributed by atoms with van der Waals surface area (Å²) >= 11 is 0. The molecule has 1 N–H and O–H groups in total. The fourth-order valence-electron chi connectivity index (χ4n) is 4.71. The fourth-order valence-corrected chi connectivity index (χ4v) is 4.71. The number of methoxy groups -OCH3 is 3. The smallest absolute Gasteiger partial charge is 0.251 e. The Morgan fingerprint density at radius 1 is 1.05 bits per heavy atom. The van der Waals surface area contributed by atoms with Gasteiger partial charge in [-0.2, -0.15) is 4.80 Å². The maximum absolute atomic E-state index is 13.7. The SMILES string of the molecule is CCC(C(=O)NC1CCCC1)N(C(=O)Cn1nnc(-c2ccc(OC)c(OC)c2)n1)c1cccc(OC)c1. The number of anilines is 1. The van der Waals surface area contributed by atoms with Crippen molar-refractivity contribution in [3.63, 3.8) is 0 Å². The standard InChI is InChI=1S/C27H34N6O5/c1-5-22(27(35)28-19-9-6-7-10-19)33(20-11-8-12-21(16-20)36-2)25(34)17-32-30-26(29-31-32)18-13-14-23(37-3)24(15-18)38-4/h8,11-16,19,22H,5-7,9-10,17H2,1-4H3,(H,28,35). The molecule has 0 radical (unpaired) electrons. The molecular weight excluding hydrogens is 488 g/mol. The molecule has 0 spiro atoms. The van der Waals surface area contributed by atoms with E-state index >= 15 is 0 Å². The Morgan fingerprint density at radius 2 is 1.82 bits per heavy atom. The van der Waals surface area contributed by atoms with Crippen LogP contribution in [0.25, 0.3) is 11.4 Å². The van der Waals surface area contributed by atoms with Gasteiger partial charge in [0.2, 0.25) is 11.7 Å². The molecule has 11 heteroatoms. The van der Waals surface area contributed by atoms with Crippen LogP contribution >= 0.6 is 0 Å². The molecule has 1 atom stereocenters. The van der Waals surface area contributed by atoms with Crippen molar-refractivity contribution in [2.24, 2.45) is 0 Å². The molecule has 3 aromatic rings. The molecule has 1 fully saturated rings. The first-order chi connectivity index (χ1) is 18.5. The molecule has 0 aliphatic heterocycles. The predicted molar refractivity (Wildman–Crippen MR) is 141 cm³/mol. The number of rotatable bonds is 11. The van der Waals surface area contributed by atoms with Crippen molar-refractivity contribution >= 4 is 17.5 Å². The van der Waals surface area contributed by atoms with E-state index in [-0.39, 0.29) is 24.4 Å². The maximum Gasteiger partial charge on any atom is 0.251 e. The summed E-state index contributed by atoms with van der Waals surface area (Å²) in [5.41, 5.74) is 1.22. The topological polar surface area (TPSA) is 121 Å². The summed E-state index contributed by atoms with van der Waals surface area (Å²) in [6.45, 7) is 1.69. The van der Waals surface area contributed by atoms with Crippen LogP contribution in [0, 0.1) is 0 Å². The monoisotopic (exact) mass is 522 g/mol. The van der Waals surface area contributed by atoms with Gasteiger partial charge in [0.05, 0.1) is 21.3 Å². The van der Waals surface area contributed by atoms with Crippen LogP contribution in [-0.2, 0) is 16.1 Å². The van der Waals surface area contributed by atoms with Gasteiger partial charge in [-0.3, -0.25) is 14.5 Å². The van der Waals surface area contributed by atoms with Crippen LogP contribution < -0.4 is 24.4 Å². The van der Waals surface area contributed by atoms with E-state index in [4.69, 9.17) is 14.2 Å². The molecule has 0 saturated heterocycles. The van der Waals surface area contributed by atoms with E-state index in [1.807, 2.05) is 6.92 Å². The third-order valence-electron chi connectivity index (χ3n) is 6.67.